The molecule has 0 aromatic rings. The Morgan fingerprint density at radius 2 is 1.93 bits per heavy atom. The lowest BCUT2D eigenvalue weighted by molar-refractivity contribution is 0.250. The Kier molecular flexibility index (Phi) is 7.52. The monoisotopic (exact) mass is 209 g/mol. The van der Waals surface area contributed by atoms with Crippen LogP contribution in [0.4, 0.5) is 0 Å². The first kappa shape index (κ1) is 14.5. The summed E-state index contributed by atoms with van der Waals surface area (Å²) < 4.78 is 0. The van der Waals surface area contributed by atoms with Crippen molar-refractivity contribution in [2.24, 2.45) is 5.41 Å². The van der Waals surface area contributed by atoms with Crippen molar-refractivity contribution in [2.45, 2.75) is 65.8 Å². The standard InChI is InChI=1S/C14H27N/c1-6-8-9-10-11-13(14(3,4)5)15-12-7-2/h1,13,15H,7-12H2,2-5H3. The molecule has 0 aromatic heterocycles. The van der Waals surface area contributed by atoms with Gasteiger partial charge in [-0.25, -0.2) is 0 Å². The molecule has 0 aliphatic rings. The molecular formula is C14H27N. The van der Waals surface area contributed by atoms with Crippen molar-refractivity contribution in [3.8, 4) is 12.3 Å². The van der Waals surface area contributed by atoms with Gasteiger partial charge in [-0.2, -0.15) is 0 Å². The number of unbranched alkanes of at least 4 members (excludes halogenated alkanes) is 2. The zero-order valence-corrected chi connectivity index (χ0v) is 10.9. The second-order valence-electron chi connectivity index (χ2n) is 5.32. The van der Waals surface area contributed by atoms with Crippen molar-refractivity contribution in [3.05, 3.63) is 0 Å². The van der Waals surface area contributed by atoms with E-state index in [9.17, 15) is 0 Å². The van der Waals surface area contributed by atoms with E-state index in [1.165, 1.54) is 19.3 Å². The first-order valence-electron chi connectivity index (χ1n) is 6.19. The second kappa shape index (κ2) is 7.77. The maximum Gasteiger partial charge on any atom is 0.0116 e. The van der Waals surface area contributed by atoms with Gasteiger partial charge in [0.25, 0.3) is 0 Å². The third kappa shape index (κ3) is 7.45. The van der Waals surface area contributed by atoms with Crippen LogP contribution in [0.15, 0.2) is 0 Å². The Bertz CT molecular complexity index is 182. The average Bonchev–Trinajstić information content (AvgIpc) is 2.15. The Balaban J connectivity index is 3.87. The molecule has 0 heterocycles. The molecule has 1 atom stereocenters. The van der Waals surface area contributed by atoms with E-state index in [2.05, 4.69) is 38.9 Å². The fourth-order valence-electron chi connectivity index (χ4n) is 1.74. The quantitative estimate of drug-likeness (QED) is 0.499. The molecule has 15 heavy (non-hydrogen) atoms. The molecule has 0 fully saturated rings. The number of nitrogens with one attached hydrogen (secondary N) is 1. The van der Waals surface area contributed by atoms with Crippen molar-refractivity contribution in [1.82, 2.24) is 5.32 Å². The average molecular weight is 209 g/mol. The molecular weight excluding hydrogens is 182 g/mol. The van der Waals surface area contributed by atoms with Crippen LogP contribution in [0.5, 0.6) is 0 Å². The maximum atomic E-state index is 5.25. The summed E-state index contributed by atoms with van der Waals surface area (Å²) in [6.45, 7) is 10.3. The summed E-state index contributed by atoms with van der Waals surface area (Å²) in [5.41, 5.74) is 0.352. The van der Waals surface area contributed by atoms with Crippen molar-refractivity contribution < 1.29 is 0 Å². The third-order valence-electron chi connectivity index (χ3n) is 2.75. The van der Waals surface area contributed by atoms with Crippen LogP contribution >= 0.6 is 0 Å². The summed E-state index contributed by atoms with van der Waals surface area (Å²) in [5.74, 6) is 2.70. The van der Waals surface area contributed by atoms with Crippen molar-refractivity contribution in [3.63, 3.8) is 0 Å². The van der Waals surface area contributed by atoms with Crippen LogP contribution in [0, 0.1) is 17.8 Å². The lowest BCUT2D eigenvalue weighted by Gasteiger charge is -2.31. The van der Waals surface area contributed by atoms with E-state index in [1.54, 1.807) is 0 Å². The van der Waals surface area contributed by atoms with Gasteiger partial charge in [-0.1, -0.05) is 34.1 Å². The van der Waals surface area contributed by atoms with E-state index >= 15 is 0 Å². The molecule has 0 radical (unpaired) electrons. The molecule has 0 saturated heterocycles. The third-order valence-corrected chi connectivity index (χ3v) is 2.75. The van der Waals surface area contributed by atoms with E-state index in [-0.39, 0.29) is 0 Å². The van der Waals surface area contributed by atoms with Gasteiger partial charge in [0.15, 0.2) is 0 Å². The Hall–Kier alpha value is -0.480. The van der Waals surface area contributed by atoms with Gasteiger partial charge < -0.3 is 5.32 Å². The molecule has 0 aliphatic heterocycles. The molecule has 0 aromatic carbocycles. The highest BCUT2D eigenvalue weighted by Gasteiger charge is 2.22. The van der Waals surface area contributed by atoms with Crippen molar-refractivity contribution in [1.29, 1.82) is 0 Å². The lowest BCUT2D eigenvalue weighted by Crippen LogP contribution is -2.40. The molecule has 0 spiro atoms. The zero-order chi connectivity index (χ0) is 11.7. The Morgan fingerprint density at radius 3 is 2.40 bits per heavy atom. The zero-order valence-electron chi connectivity index (χ0n) is 10.9. The molecule has 0 bridgehead atoms. The molecule has 0 rings (SSSR count). The van der Waals surface area contributed by atoms with E-state index in [0.717, 1.165) is 19.4 Å². The van der Waals surface area contributed by atoms with E-state index in [0.29, 0.717) is 11.5 Å². The van der Waals surface area contributed by atoms with Crippen LogP contribution in [0.1, 0.15) is 59.8 Å². The van der Waals surface area contributed by atoms with Gasteiger partial charge in [0.2, 0.25) is 0 Å². The summed E-state index contributed by atoms with van der Waals surface area (Å²) in [7, 11) is 0. The molecule has 1 N–H and O–H groups in total. The van der Waals surface area contributed by atoms with Crippen LogP contribution in [0.2, 0.25) is 0 Å². The number of rotatable bonds is 7. The fraction of sp³-hybridized carbons (Fsp3) is 0.857. The Labute approximate surface area is 96.0 Å². The minimum Gasteiger partial charge on any atom is -0.313 e. The van der Waals surface area contributed by atoms with E-state index in [4.69, 9.17) is 6.42 Å². The predicted molar refractivity (Wildman–Crippen MR) is 68.8 cm³/mol. The normalized spacial score (nSPS) is 13.5. The molecule has 1 unspecified atom stereocenters. The van der Waals surface area contributed by atoms with Gasteiger partial charge in [-0.15, -0.1) is 12.3 Å². The second-order valence-corrected chi connectivity index (χ2v) is 5.32. The summed E-state index contributed by atoms with van der Waals surface area (Å²) in [5, 5.41) is 3.63. The molecule has 1 nitrogen and oxygen atoms in total. The first-order chi connectivity index (χ1) is 7.02. The number of terminal acetylenes is 1. The van der Waals surface area contributed by atoms with Crippen LogP contribution in [0.25, 0.3) is 0 Å². The first-order valence-corrected chi connectivity index (χ1v) is 6.19. The minimum absolute atomic E-state index is 0.352. The Morgan fingerprint density at radius 1 is 1.27 bits per heavy atom. The largest absolute Gasteiger partial charge is 0.313 e. The minimum atomic E-state index is 0.352. The van der Waals surface area contributed by atoms with Crippen LogP contribution in [0.3, 0.4) is 0 Å². The van der Waals surface area contributed by atoms with Crippen LogP contribution in [-0.4, -0.2) is 12.6 Å². The smallest absolute Gasteiger partial charge is 0.0116 e. The summed E-state index contributed by atoms with van der Waals surface area (Å²) in [6.07, 6.45) is 11.0. The van der Waals surface area contributed by atoms with Gasteiger partial charge in [0, 0.05) is 12.5 Å². The van der Waals surface area contributed by atoms with Gasteiger partial charge in [-0.3, -0.25) is 0 Å². The molecule has 1 heteroatoms. The molecule has 0 amide bonds. The fourth-order valence-corrected chi connectivity index (χ4v) is 1.74. The predicted octanol–water partition coefficient (Wildman–Crippen LogP) is 3.59. The van der Waals surface area contributed by atoms with Gasteiger partial charge >= 0.3 is 0 Å². The van der Waals surface area contributed by atoms with Crippen molar-refractivity contribution >= 4 is 0 Å². The van der Waals surface area contributed by atoms with Gasteiger partial charge in [-0.05, 0) is 31.2 Å². The van der Waals surface area contributed by atoms with Crippen molar-refractivity contribution in [2.75, 3.05) is 6.54 Å². The van der Waals surface area contributed by atoms with Crippen LogP contribution < -0.4 is 5.32 Å². The van der Waals surface area contributed by atoms with E-state index in [1.807, 2.05) is 0 Å². The highest BCUT2D eigenvalue weighted by Crippen LogP contribution is 2.23. The van der Waals surface area contributed by atoms with Crippen LogP contribution in [-0.2, 0) is 0 Å². The number of hydrogen-bond acceptors (Lipinski definition) is 1. The lowest BCUT2D eigenvalue weighted by atomic mass is 9.83. The molecule has 88 valence electrons. The van der Waals surface area contributed by atoms with E-state index < -0.39 is 0 Å². The molecule has 0 aliphatic carbocycles. The summed E-state index contributed by atoms with van der Waals surface area (Å²) in [6, 6.07) is 0.621. The molecule has 0 saturated carbocycles. The highest BCUT2D eigenvalue weighted by atomic mass is 14.9. The maximum absolute atomic E-state index is 5.25. The summed E-state index contributed by atoms with van der Waals surface area (Å²) in [4.78, 5) is 0. The summed E-state index contributed by atoms with van der Waals surface area (Å²) >= 11 is 0. The SMILES string of the molecule is C#CCCCCC(NCCC)C(C)(C)C. The highest BCUT2D eigenvalue weighted by molar-refractivity contribution is 4.84. The topological polar surface area (TPSA) is 12.0 Å². The van der Waals surface area contributed by atoms with Gasteiger partial charge in [0.05, 0.1) is 0 Å². The van der Waals surface area contributed by atoms with Gasteiger partial charge in [0.1, 0.15) is 0 Å². The number of hydrogen-bond donors (Lipinski definition) is 1.